The van der Waals surface area contributed by atoms with Gasteiger partial charge in [-0.2, -0.15) is 0 Å². The van der Waals surface area contributed by atoms with Gasteiger partial charge in [-0.05, 0) is 23.6 Å². The molecule has 1 fully saturated rings. The van der Waals surface area contributed by atoms with Crippen molar-refractivity contribution in [2.24, 2.45) is 0 Å². The Balaban J connectivity index is 1.34. The van der Waals surface area contributed by atoms with E-state index in [-0.39, 0.29) is 24.0 Å². The van der Waals surface area contributed by atoms with Crippen LogP contribution in [0, 0.1) is 0 Å². The normalized spacial score (nSPS) is 16.4. The van der Waals surface area contributed by atoms with Crippen LogP contribution in [0.5, 0.6) is 5.75 Å². The lowest BCUT2D eigenvalue weighted by Crippen LogP contribution is -2.23. The second-order valence-corrected chi connectivity index (χ2v) is 7.90. The van der Waals surface area contributed by atoms with Gasteiger partial charge in [-0.3, -0.25) is 14.5 Å². The van der Waals surface area contributed by atoms with Gasteiger partial charge in [-0.25, -0.2) is 0 Å². The monoisotopic (exact) mass is 418 g/mol. The molecule has 6 heteroatoms. The lowest BCUT2D eigenvalue weighted by atomic mass is 10.1. The van der Waals surface area contributed by atoms with Crippen LogP contribution < -0.4 is 10.3 Å². The third kappa shape index (κ3) is 5.69. The van der Waals surface area contributed by atoms with Gasteiger partial charge in [-0.1, -0.05) is 54.6 Å². The minimum atomic E-state index is -0.275. The van der Waals surface area contributed by atoms with Gasteiger partial charge in [0, 0.05) is 37.5 Å². The molecule has 0 amide bonds. The smallest absolute Gasteiger partial charge is 0.254 e. The largest absolute Gasteiger partial charge is 0.489 e. The summed E-state index contributed by atoms with van der Waals surface area (Å²) in [7, 11) is 0. The van der Waals surface area contributed by atoms with E-state index >= 15 is 0 Å². The molecule has 6 nitrogen and oxygen atoms in total. The molecule has 160 valence electrons. The zero-order valence-corrected chi connectivity index (χ0v) is 17.3. The Bertz CT molecular complexity index is 1080. The third-order valence-corrected chi connectivity index (χ3v) is 5.46. The summed E-state index contributed by atoms with van der Waals surface area (Å²) < 4.78 is 7.06. The van der Waals surface area contributed by atoms with E-state index < -0.39 is 0 Å². The van der Waals surface area contributed by atoms with Gasteiger partial charge in [0.1, 0.15) is 12.4 Å². The number of ether oxygens (including phenoxy) is 1. The van der Waals surface area contributed by atoms with Crippen LogP contribution in [-0.2, 0) is 19.7 Å². The highest BCUT2D eigenvalue weighted by Gasteiger charge is 2.20. The minimum Gasteiger partial charge on any atom is -0.489 e. The maximum Gasteiger partial charge on any atom is 0.254 e. The molecule has 2 heterocycles. The molecule has 0 spiro atoms. The van der Waals surface area contributed by atoms with Gasteiger partial charge >= 0.3 is 0 Å². The van der Waals surface area contributed by atoms with Gasteiger partial charge in [0.25, 0.3) is 5.56 Å². The lowest BCUT2D eigenvalue weighted by molar-refractivity contribution is 0.0970. The molecule has 0 bridgehead atoms. The molecule has 31 heavy (non-hydrogen) atoms. The molecular formula is C25H26N2O4. The molecule has 0 aliphatic carbocycles. The van der Waals surface area contributed by atoms with Crippen LogP contribution in [-0.4, -0.2) is 39.6 Å². The van der Waals surface area contributed by atoms with Crippen molar-refractivity contribution in [2.75, 3.05) is 13.1 Å². The molecule has 1 saturated heterocycles. The van der Waals surface area contributed by atoms with Crippen LogP contribution in [0.25, 0.3) is 0 Å². The van der Waals surface area contributed by atoms with Crippen LogP contribution in [0.15, 0.2) is 77.7 Å². The predicted octanol–water partition coefficient (Wildman–Crippen LogP) is 2.88. The fourth-order valence-corrected chi connectivity index (χ4v) is 3.71. The number of aliphatic hydroxyl groups excluding tert-OH is 1. The zero-order chi connectivity index (χ0) is 21.6. The number of carbonyl (C=O) groups is 1. The zero-order valence-electron chi connectivity index (χ0n) is 17.3. The summed E-state index contributed by atoms with van der Waals surface area (Å²) in [4.78, 5) is 27.2. The van der Waals surface area contributed by atoms with E-state index in [1.807, 2.05) is 42.5 Å². The molecule has 1 aliphatic rings. The SMILES string of the molecule is O=C(Cn1ccc(OCc2ccccc2)cc1=O)c1ccc(CN2CCC(O)C2)cc1. The fraction of sp³-hybridized carbons (Fsp3) is 0.280. The maximum atomic E-state index is 12.6. The maximum absolute atomic E-state index is 12.6. The van der Waals surface area contributed by atoms with E-state index in [2.05, 4.69) is 4.90 Å². The number of hydrogen-bond acceptors (Lipinski definition) is 5. The van der Waals surface area contributed by atoms with Gasteiger partial charge in [0.2, 0.25) is 0 Å². The first-order chi connectivity index (χ1) is 15.1. The van der Waals surface area contributed by atoms with Crippen LogP contribution in [0.3, 0.4) is 0 Å². The Morgan fingerprint density at radius 1 is 1.03 bits per heavy atom. The van der Waals surface area contributed by atoms with Crippen molar-refractivity contribution in [1.29, 1.82) is 0 Å². The number of Topliss-reactive ketones (excluding diaryl/α,β-unsaturated/α-hetero) is 1. The van der Waals surface area contributed by atoms with Crippen molar-refractivity contribution in [3.05, 3.63) is 100.0 Å². The number of likely N-dealkylation sites (tertiary alicyclic amines) is 1. The molecule has 1 aromatic heterocycles. The molecule has 1 atom stereocenters. The van der Waals surface area contributed by atoms with E-state index in [0.29, 0.717) is 24.5 Å². The van der Waals surface area contributed by atoms with Gasteiger partial charge in [0.05, 0.1) is 12.6 Å². The van der Waals surface area contributed by atoms with Crippen LogP contribution >= 0.6 is 0 Å². The Kier molecular flexibility index (Phi) is 6.60. The summed E-state index contributed by atoms with van der Waals surface area (Å²) in [5, 5.41) is 9.63. The Morgan fingerprint density at radius 3 is 2.48 bits per heavy atom. The predicted molar refractivity (Wildman–Crippen MR) is 118 cm³/mol. The van der Waals surface area contributed by atoms with Crippen molar-refractivity contribution in [1.82, 2.24) is 9.47 Å². The van der Waals surface area contributed by atoms with Gasteiger partial charge in [-0.15, -0.1) is 0 Å². The van der Waals surface area contributed by atoms with Gasteiger partial charge < -0.3 is 14.4 Å². The number of pyridine rings is 1. The number of β-amino-alcohol motifs (C(OH)–C–C–N with tert-alkyl or cyclic N) is 1. The molecule has 0 saturated carbocycles. The standard InChI is InChI=1S/C25H26N2O4/c28-22-10-12-26(16-22)15-19-6-8-21(9-7-19)24(29)17-27-13-11-23(14-25(27)30)31-18-20-4-2-1-3-5-20/h1-9,11,13-14,22,28H,10,12,15-18H2. The first-order valence-corrected chi connectivity index (χ1v) is 10.5. The molecule has 1 N–H and O–H groups in total. The third-order valence-electron chi connectivity index (χ3n) is 5.46. The summed E-state index contributed by atoms with van der Waals surface area (Å²) in [5.41, 5.74) is 2.42. The van der Waals surface area contributed by atoms with Crippen LogP contribution in [0.4, 0.5) is 0 Å². The van der Waals surface area contributed by atoms with E-state index in [9.17, 15) is 14.7 Å². The van der Waals surface area contributed by atoms with Crippen molar-refractivity contribution in [3.8, 4) is 5.75 Å². The van der Waals surface area contributed by atoms with E-state index in [4.69, 9.17) is 4.74 Å². The molecule has 1 unspecified atom stereocenters. The topological polar surface area (TPSA) is 71.8 Å². The summed E-state index contributed by atoms with van der Waals surface area (Å²) in [6.45, 7) is 2.70. The average Bonchev–Trinajstić information content (AvgIpc) is 3.19. The van der Waals surface area contributed by atoms with Crippen molar-refractivity contribution in [3.63, 3.8) is 0 Å². The minimum absolute atomic E-state index is 0.0184. The second kappa shape index (κ2) is 9.73. The van der Waals surface area contributed by atoms with E-state index in [0.717, 1.165) is 30.6 Å². The summed E-state index contributed by atoms with van der Waals surface area (Å²) in [5.74, 6) is 0.358. The molecule has 4 rings (SSSR count). The molecule has 1 aliphatic heterocycles. The number of nitrogens with zero attached hydrogens (tertiary/aromatic N) is 2. The molecule has 2 aromatic carbocycles. The van der Waals surface area contributed by atoms with Crippen LogP contribution in [0.1, 0.15) is 27.9 Å². The second-order valence-electron chi connectivity index (χ2n) is 7.90. The number of benzene rings is 2. The highest BCUT2D eigenvalue weighted by molar-refractivity contribution is 5.95. The summed E-state index contributed by atoms with van der Waals surface area (Å²) in [6.07, 6.45) is 2.16. The summed E-state index contributed by atoms with van der Waals surface area (Å²) >= 11 is 0. The molecular weight excluding hydrogens is 392 g/mol. The lowest BCUT2D eigenvalue weighted by Gasteiger charge is -2.15. The Labute approximate surface area is 181 Å². The first-order valence-electron chi connectivity index (χ1n) is 10.5. The average molecular weight is 418 g/mol. The quantitative estimate of drug-likeness (QED) is 0.570. The summed E-state index contributed by atoms with van der Waals surface area (Å²) in [6, 6.07) is 20.3. The number of hydrogen-bond donors (Lipinski definition) is 1. The fourth-order valence-electron chi connectivity index (χ4n) is 3.71. The van der Waals surface area contributed by atoms with Gasteiger partial charge in [0.15, 0.2) is 5.78 Å². The highest BCUT2D eigenvalue weighted by Crippen LogP contribution is 2.15. The number of aliphatic hydroxyl groups is 1. The van der Waals surface area contributed by atoms with Crippen molar-refractivity contribution >= 4 is 5.78 Å². The molecule has 3 aromatic rings. The van der Waals surface area contributed by atoms with Crippen LogP contribution in [0.2, 0.25) is 0 Å². The van der Waals surface area contributed by atoms with E-state index in [1.54, 1.807) is 24.4 Å². The van der Waals surface area contributed by atoms with Crippen molar-refractivity contribution < 1.29 is 14.6 Å². The Hall–Kier alpha value is -3.22. The molecule has 0 radical (unpaired) electrons. The number of aromatic nitrogens is 1. The van der Waals surface area contributed by atoms with Crippen molar-refractivity contribution in [2.45, 2.75) is 32.2 Å². The first kappa shape index (κ1) is 21.0. The van der Waals surface area contributed by atoms with E-state index in [1.165, 1.54) is 10.6 Å². The number of ketones is 1. The number of carbonyl (C=O) groups excluding carboxylic acids is 1. The Morgan fingerprint density at radius 2 is 1.81 bits per heavy atom. The number of rotatable bonds is 8. The highest BCUT2D eigenvalue weighted by atomic mass is 16.5.